The van der Waals surface area contributed by atoms with Crippen molar-refractivity contribution in [2.45, 2.75) is 33.1 Å². The molecule has 6 nitrogen and oxygen atoms in total. The highest BCUT2D eigenvalue weighted by Crippen LogP contribution is 2.21. The van der Waals surface area contributed by atoms with E-state index in [2.05, 4.69) is 17.0 Å². The molecule has 0 unspecified atom stereocenters. The Hall–Kier alpha value is -3.19. The first-order valence-corrected chi connectivity index (χ1v) is 11.4. The molecule has 4 rings (SSSR count). The summed E-state index contributed by atoms with van der Waals surface area (Å²) in [6.07, 6.45) is 5.23. The van der Waals surface area contributed by atoms with E-state index < -0.39 is 0 Å². The van der Waals surface area contributed by atoms with E-state index in [1.165, 1.54) is 28.7 Å². The third-order valence-electron chi connectivity index (χ3n) is 4.82. The third-order valence-corrected chi connectivity index (χ3v) is 5.78. The first-order chi connectivity index (χ1) is 15.2. The van der Waals surface area contributed by atoms with Crippen LogP contribution in [0, 0.1) is 0 Å². The number of benzene rings is 2. The summed E-state index contributed by atoms with van der Waals surface area (Å²) >= 11 is 1.32. The SMILES string of the molecule is CCCCCOc1ccc(-c2nc3sc(=Cc4ccccc4OCC)c(=O)n3n2)cc1. The molecule has 0 aliphatic heterocycles. The summed E-state index contributed by atoms with van der Waals surface area (Å²) in [5, 5.41) is 4.43. The highest BCUT2D eigenvalue weighted by atomic mass is 32.1. The second-order valence-electron chi connectivity index (χ2n) is 7.10. The molecule has 0 N–H and O–H groups in total. The number of hydrogen-bond donors (Lipinski definition) is 0. The van der Waals surface area contributed by atoms with Crippen LogP contribution >= 0.6 is 11.3 Å². The molecule has 2 heterocycles. The predicted molar refractivity (Wildman–Crippen MR) is 124 cm³/mol. The molecule has 2 aromatic heterocycles. The summed E-state index contributed by atoms with van der Waals surface area (Å²) < 4.78 is 13.3. The molecular weight excluding hydrogens is 410 g/mol. The molecule has 0 atom stereocenters. The lowest BCUT2D eigenvalue weighted by Crippen LogP contribution is -2.23. The van der Waals surface area contributed by atoms with Crippen LogP contribution in [0.3, 0.4) is 0 Å². The minimum absolute atomic E-state index is 0.180. The van der Waals surface area contributed by atoms with Crippen LogP contribution in [0.5, 0.6) is 11.5 Å². The van der Waals surface area contributed by atoms with Crippen molar-refractivity contribution < 1.29 is 9.47 Å². The van der Waals surface area contributed by atoms with E-state index in [0.29, 0.717) is 21.9 Å². The van der Waals surface area contributed by atoms with Gasteiger partial charge in [0.15, 0.2) is 5.82 Å². The van der Waals surface area contributed by atoms with Crippen molar-refractivity contribution in [1.29, 1.82) is 0 Å². The number of rotatable bonds is 9. The normalized spacial score (nSPS) is 11.9. The van der Waals surface area contributed by atoms with Gasteiger partial charge in [0.1, 0.15) is 11.5 Å². The smallest absolute Gasteiger partial charge is 0.291 e. The second-order valence-corrected chi connectivity index (χ2v) is 8.11. The number of unbranched alkanes of at least 4 members (excludes halogenated alkanes) is 2. The van der Waals surface area contributed by atoms with Crippen LogP contribution in [-0.2, 0) is 0 Å². The van der Waals surface area contributed by atoms with E-state index >= 15 is 0 Å². The zero-order chi connectivity index (χ0) is 21.6. The van der Waals surface area contributed by atoms with Gasteiger partial charge >= 0.3 is 0 Å². The molecule has 0 saturated carbocycles. The summed E-state index contributed by atoms with van der Waals surface area (Å²) in [4.78, 5) is 18.0. The van der Waals surface area contributed by atoms with Crippen molar-refractivity contribution in [3.8, 4) is 22.9 Å². The molecule has 0 aliphatic rings. The molecule has 160 valence electrons. The fourth-order valence-corrected chi connectivity index (χ4v) is 4.12. The van der Waals surface area contributed by atoms with Gasteiger partial charge < -0.3 is 9.47 Å². The average Bonchev–Trinajstić information content (AvgIpc) is 3.33. The minimum Gasteiger partial charge on any atom is -0.494 e. The van der Waals surface area contributed by atoms with Gasteiger partial charge in [0.25, 0.3) is 5.56 Å². The number of ether oxygens (including phenoxy) is 2. The fraction of sp³-hybridized carbons (Fsp3) is 0.292. The summed E-state index contributed by atoms with van der Waals surface area (Å²) in [7, 11) is 0. The van der Waals surface area contributed by atoms with Crippen molar-refractivity contribution in [3.05, 3.63) is 69.0 Å². The third kappa shape index (κ3) is 4.77. The molecule has 31 heavy (non-hydrogen) atoms. The topological polar surface area (TPSA) is 65.7 Å². The van der Waals surface area contributed by atoms with Gasteiger partial charge in [-0.05, 0) is 49.8 Å². The Morgan fingerprint density at radius 3 is 2.58 bits per heavy atom. The molecule has 0 amide bonds. The fourth-order valence-electron chi connectivity index (χ4n) is 3.23. The van der Waals surface area contributed by atoms with E-state index in [1.54, 1.807) is 0 Å². The standard InChI is InChI=1S/C24H25N3O3S/c1-3-5-8-15-30-19-13-11-17(12-14-19)22-25-24-27(26-22)23(28)21(31-24)16-18-9-6-7-10-20(18)29-4-2/h6-7,9-14,16H,3-5,8,15H2,1-2H3. The van der Waals surface area contributed by atoms with Crippen LogP contribution < -0.4 is 19.6 Å². The van der Waals surface area contributed by atoms with Gasteiger partial charge in [-0.25, -0.2) is 0 Å². The van der Waals surface area contributed by atoms with E-state index in [4.69, 9.17) is 9.47 Å². The zero-order valence-electron chi connectivity index (χ0n) is 17.7. The summed E-state index contributed by atoms with van der Waals surface area (Å²) in [6.45, 7) is 5.39. The van der Waals surface area contributed by atoms with Crippen LogP contribution in [0.2, 0.25) is 0 Å². The molecular formula is C24H25N3O3S. The molecule has 0 spiro atoms. The van der Waals surface area contributed by atoms with Crippen molar-refractivity contribution in [3.63, 3.8) is 0 Å². The van der Waals surface area contributed by atoms with Crippen molar-refractivity contribution >= 4 is 22.4 Å². The second kappa shape index (κ2) is 9.75. The van der Waals surface area contributed by atoms with Crippen molar-refractivity contribution in [2.24, 2.45) is 0 Å². The van der Waals surface area contributed by atoms with Gasteiger partial charge in [0.05, 0.1) is 17.7 Å². The predicted octanol–water partition coefficient (Wildman–Crippen LogP) is 4.33. The number of hydrogen-bond acceptors (Lipinski definition) is 6. The maximum Gasteiger partial charge on any atom is 0.291 e. The molecule has 0 bridgehead atoms. The van der Waals surface area contributed by atoms with Gasteiger partial charge in [-0.1, -0.05) is 49.3 Å². The first-order valence-electron chi connectivity index (χ1n) is 10.6. The Kier molecular flexibility index (Phi) is 6.62. The van der Waals surface area contributed by atoms with Gasteiger partial charge in [-0.15, -0.1) is 5.10 Å². The molecule has 7 heteroatoms. The lowest BCUT2D eigenvalue weighted by Gasteiger charge is -2.05. The molecule has 2 aromatic carbocycles. The lowest BCUT2D eigenvalue weighted by atomic mass is 10.2. The molecule has 0 radical (unpaired) electrons. The molecule has 4 aromatic rings. The van der Waals surface area contributed by atoms with Crippen LogP contribution in [0.15, 0.2) is 53.3 Å². The van der Waals surface area contributed by atoms with Gasteiger partial charge in [0, 0.05) is 11.1 Å². The van der Waals surface area contributed by atoms with Crippen molar-refractivity contribution in [2.75, 3.05) is 13.2 Å². The summed E-state index contributed by atoms with van der Waals surface area (Å²) in [5.74, 6) is 2.11. The zero-order valence-corrected chi connectivity index (χ0v) is 18.5. The minimum atomic E-state index is -0.180. The van der Waals surface area contributed by atoms with Gasteiger partial charge in [-0.2, -0.15) is 9.50 Å². The van der Waals surface area contributed by atoms with Crippen LogP contribution in [0.25, 0.3) is 22.4 Å². The molecule has 0 fully saturated rings. The van der Waals surface area contributed by atoms with E-state index in [9.17, 15) is 4.79 Å². The Labute approximate surface area is 184 Å². The van der Waals surface area contributed by atoms with E-state index in [0.717, 1.165) is 35.7 Å². The Bertz CT molecular complexity index is 1260. The summed E-state index contributed by atoms with van der Waals surface area (Å²) in [5.41, 5.74) is 1.53. The van der Waals surface area contributed by atoms with Gasteiger partial charge in [-0.3, -0.25) is 4.79 Å². The average molecular weight is 436 g/mol. The number of nitrogens with zero attached hydrogens (tertiary/aromatic N) is 3. The maximum atomic E-state index is 12.9. The van der Waals surface area contributed by atoms with Crippen LogP contribution in [0.4, 0.5) is 0 Å². The van der Waals surface area contributed by atoms with Crippen LogP contribution in [0.1, 0.15) is 38.7 Å². The first kappa shape index (κ1) is 21.1. The van der Waals surface area contributed by atoms with Crippen LogP contribution in [-0.4, -0.2) is 27.8 Å². The number of thiazole rings is 1. The number of aromatic nitrogens is 3. The van der Waals surface area contributed by atoms with E-state index in [-0.39, 0.29) is 5.56 Å². The number of fused-ring (bicyclic) bond motifs is 1. The van der Waals surface area contributed by atoms with Crippen molar-refractivity contribution in [1.82, 2.24) is 14.6 Å². The number of para-hydroxylation sites is 1. The quantitative estimate of drug-likeness (QED) is 0.366. The monoisotopic (exact) mass is 435 g/mol. The maximum absolute atomic E-state index is 12.9. The van der Waals surface area contributed by atoms with E-state index in [1.807, 2.05) is 61.5 Å². The highest BCUT2D eigenvalue weighted by molar-refractivity contribution is 7.15. The molecule has 0 aliphatic carbocycles. The van der Waals surface area contributed by atoms with Gasteiger partial charge in [0.2, 0.25) is 4.96 Å². The largest absolute Gasteiger partial charge is 0.494 e. The lowest BCUT2D eigenvalue weighted by molar-refractivity contribution is 0.306. The Morgan fingerprint density at radius 2 is 1.84 bits per heavy atom. The molecule has 0 saturated heterocycles. The Morgan fingerprint density at radius 1 is 1.03 bits per heavy atom. The summed E-state index contributed by atoms with van der Waals surface area (Å²) in [6, 6.07) is 15.3. The highest BCUT2D eigenvalue weighted by Gasteiger charge is 2.12. The Balaban J connectivity index is 1.58.